The highest BCUT2D eigenvalue weighted by Gasteiger charge is 2.37. The summed E-state index contributed by atoms with van der Waals surface area (Å²) in [7, 11) is 0. The van der Waals surface area contributed by atoms with Crippen LogP contribution >= 0.6 is 0 Å². The standard InChI is InChI=1S/C9H16O4/c1-2-3-6-4-8(7(11)5-10)13-9(6)12/h6-8,10-11H,2-5H2,1H3. The van der Waals surface area contributed by atoms with Crippen molar-refractivity contribution in [1.82, 2.24) is 0 Å². The lowest BCUT2D eigenvalue weighted by molar-refractivity contribution is -0.148. The van der Waals surface area contributed by atoms with Crippen molar-refractivity contribution in [1.29, 1.82) is 0 Å². The van der Waals surface area contributed by atoms with E-state index in [0.717, 1.165) is 12.8 Å². The summed E-state index contributed by atoms with van der Waals surface area (Å²) in [5, 5.41) is 17.9. The van der Waals surface area contributed by atoms with Crippen LogP contribution in [0, 0.1) is 5.92 Å². The van der Waals surface area contributed by atoms with Crippen LogP contribution in [0.1, 0.15) is 26.2 Å². The Hall–Kier alpha value is -0.610. The van der Waals surface area contributed by atoms with E-state index in [1.165, 1.54) is 0 Å². The maximum atomic E-state index is 11.2. The van der Waals surface area contributed by atoms with Gasteiger partial charge in [-0.15, -0.1) is 0 Å². The molecule has 13 heavy (non-hydrogen) atoms. The summed E-state index contributed by atoms with van der Waals surface area (Å²) in [4.78, 5) is 11.2. The Labute approximate surface area is 77.5 Å². The smallest absolute Gasteiger partial charge is 0.309 e. The van der Waals surface area contributed by atoms with Gasteiger partial charge >= 0.3 is 5.97 Å². The predicted molar refractivity (Wildman–Crippen MR) is 46.0 cm³/mol. The van der Waals surface area contributed by atoms with Gasteiger partial charge in [-0.1, -0.05) is 13.3 Å². The molecule has 76 valence electrons. The quantitative estimate of drug-likeness (QED) is 0.613. The van der Waals surface area contributed by atoms with Gasteiger partial charge in [0.05, 0.1) is 12.5 Å². The number of hydrogen-bond donors (Lipinski definition) is 2. The SMILES string of the molecule is CCCC1CC(C(O)CO)OC1=O. The van der Waals surface area contributed by atoms with E-state index in [0.29, 0.717) is 6.42 Å². The fraction of sp³-hybridized carbons (Fsp3) is 0.889. The molecule has 0 radical (unpaired) electrons. The minimum atomic E-state index is -0.925. The molecule has 1 heterocycles. The molecule has 2 N–H and O–H groups in total. The van der Waals surface area contributed by atoms with E-state index in [2.05, 4.69) is 0 Å². The minimum absolute atomic E-state index is 0.0869. The first-order valence-electron chi connectivity index (χ1n) is 4.68. The van der Waals surface area contributed by atoms with E-state index in [9.17, 15) is 9.90 Å². The Balaban J connectivity index is 2.44. The number of carbonyl (C=O) groups is 1. The summed E-state index contributed by atoms with van der Waals surface area (Å²) < 4.78 is 4.93. The van der Waals surface area contributed by atoms with Gasteiger partial charge in [-0.05, 0) is 6.42 Å². The Kier molecular flexibility index (Phi) is 3.69. The van der Waals surface area contributed by atoms with Crippen LogP contribution in [0.2, 0.25) is 0 Å². The van der Waals surface area contributed by atoms with Gasteiger partial charge in [-0.2, -0.15) is 0 Å². The van der Waals surface area contributed by atoms with Gasteiger partial charge in [0.15, 0.2) is 0 Å². The van der Waals surface area contributed by atoms with Crippen LogP contribution in [-0.2, 0) is 9.53 Å². The largest absolute Gasteiger partial charge is 0.459 e. The van der Waals surface area contributed by atoms with Crippen molar-refractivity contribution in [2.24, 2.45) is 5.92 Å². The summed E-state index contributed by atoms with van der Waals surface area (Å²) >= 11 is 0. The summed E-state index contributed by atoms with van der Waals surface area (Å²) in [6, 6.07) is 0. The van der Waals surface area contributed by atoms with E-state index in [4.69, 9.17) is 9.84 Å². The van der Waals surface area contributed by atoms with Gasteiger partial charge in [0, 0.05) is 6.42 Å². The van der Waals surface area contributed by atoms with Crippen molar-refractivity contribution in [3.63, 3.8) is 0 Å². The summed E-state index contributed by atoms with van der Waals surface area (Å²) in [6.07, 6.45) is 0.837. The lowest BCUT2D eigenvalue weighted by atomic mass is 9.98. The van der Waals surface area contributed by atoms with Crippen LogP contribution in [-0.4, -0.2) is 35.0 Å². The van der Waals surface area contributed by atoms with E-state index in [1.54, 1.807) is 0 Å². The van der Waals surface area contributed by atoms with Crippen LogP contribution < -0.4 is 0 Å². The van der Waals surface area contributed by atoms with Crippen LogP contribution in [0.3, 0.4) is 0 Å². The number of rotatable bonds is 4. The highest BCUT2D eigenvalue weighted by Crippen LogP contribution is 2.26. The average Bonchev–Trinajstić information content (AvgIpc) is 2.47. The van der Waals surface area contributed by atoms with Crippen molar-refractivity contribution in [3.05, 3.63) is 0 Å². The minimum Gasteiger partial charge on any atom is -0.459 e. The molecule has 4 nitrogen and oxygen atoms in total. The molecule has 0 aromatic heterocycles. The average molecular weight is 188 g/mol. The van der Waals surface area contributed by atoms with E-state index < -0.39 is 12.2 Å². The second-order valence-electron chi connectivity index (χ2n) is 3.45. The fourth-order valence-corrected chi connectivity index (χ4v) is 1.61. The molecule has 1 fully saturated rings. The molecule has 1 aliphatic heterocycles. The van der Waals surface area contributed by atoms with Crippen LogP contribution in [0.25, 0.3) is 0 Å². The van der Waals surface area contributed by atoms with E-state index in [-0.39, 0.29) is 18.5 Å². The number of cyclic esters (lactones) is 1. The van der Waals surface area contributed by atoms with Gasteiger partial charge in [0.25, 0.3) is 0 Å². The molecule has 0 bridgehead atoms. The number of ether oxygens (including phenoxy) is 1. The van der Waals surface area contributed by atoms with Crippen molar-refractivity contribution in [2.45, 2.75) is 38.4 Å². The third-order valence-electron chi connectivity index (χ3n) is 2.37. The zero-order valence-electron chi connectivity index (χ0n) is 7.77. The number of carbonyl (C=O) groups excluding carboxylic acids is 1. The third kappa shape index (κ3) is 2.42. The second kappa shape index (κ2) is 4.58. The van der Waals surface area contributed by atoms with Crippen molar-refractivity contribution in [3.8, 4) is 0 Å². The fourth-order valence-electron chi connectivity index (χ4n) is 1.61. The topological polar surface area (TPSA) is 66.8 Å². The van der Waals surface area contributed by atoms with Gasteiger partial charge in [0.2, 0.25) is 0 Å². The predicted octanol–water partition coefficient (Wildman–Crippen LogP) is 0.0714. The number of aliphatic hydroxyl groups is 2. The Morgan fingerprint density at radius 1 is 1.69 bits per heavy atom. The molecule has 3 unspecified atom stereocenters. The molecule has 1 aliphatic rings. The summed E-state index contributed by atoms with van der Waals surface area (Å²) in [5.74, 6) is -0.324. The van der Waals surface area contributed by atoms with Gasteiger partial charge in [-0.3, -0.25) is 4.79 Å². The molecule has 0 aliphatic carbocycles. The molecule has 0 amide bonds. The highest BCUT2D eigenvalue weighted by molar-refractivity contribution is 5.74. The van der Waals surface area contributed by atoms with Gasteiger partial charge < -0.3 is 14.9 Å². The molecule has 1 saturated heterocycles. The first-order chi connectivity index (χ1) is 6.19. The van der Waals surface area contributed by atoms with E-state index in [1.807, 2.05) is 6.92 Å². The number of aliphatic hydroxyl groups excluding tert-OH is 2. The normalized spacial score (nSPS) is 30.2. The zero-order valence-corrected chi connectivity index (χ0v) is 7.77. The van der Waals surface area contributed by atoms with Crippen molar-refractivity contribution < 1.29 is 19.7 Å². The number of esters is 1. The van der Waals surface area contributed by atoms with Crippen LogP contribution in [0.5, 0.6) is 0 Å². The zero-order chi connectivity index (χ0) is 9.84. The second-order valence-corrected chi connectivity index (χ2v) is 3.45. The maximum Gasteiger partial charge on any atom is 0.309 e. The molecule has 0 saturated carbocycles. The molecule has 0 spiro atoms. The van der Waals surface area contributed by atoms with Crippen molar-refractivity contribution >= 4 is 5.97 Å². The molecular weight excluding hydrogens is 172 g/mol. The van der Waals surface area contributed by atoms with E-state index >= 15 is 0 Å². The Morgan fingerprint density at radius 3 is 2.92 bits per heavy atom. The summed E-state index contributed by atoms with van der Waals surface area (Å²) in [5.41, 5.74) is 0. The van der Waals surface area contributed by atoms with Crippen molar-refractivity contribution in [2.75, 3.05) is 6.61 Å². The monoisotopic (exact) mass is 188 g/mol. The number of hydrogen-bond acceptors (Lipinski definition) is 4. The van der Waals surface area contributed by atoms with Gasteiger partial charge in [0.1, 0.15) is 12.2 Å². The highest BCUT2D eigenvalue weighted by atomic mass is 16.6. The lowest BCUT2D eigenvalue weighted by Crippen LogP contribution is -2.28. The van der Waals surface area contributed by atoms with Crippen LogP contribution in [0.15, 0.2) is 0 Å². The first-order valence-corrected chi connectivity index (χ1v) is 4.68. The first kappa shape index (κ1) is 10.5. The van der Waals surface area contributed by atoms with Gasteiger partial charge in [-0.25, -0.2) is 0 Å². The Morgan fingerprint density at radius 2 is 2.38 bits per heavy atom. The molecule has 3 atom stereocenters. The molecule has 0 aromatic carbocycles. The maximum absolute atomic E-state index is 11.2. The summed E-state index contributed by atoms with van der Waals surface area (Å²) in [6.45, 7) is 1.65. The molecule has 0 aromatic rings. The lowest BCUT2D eigenvalue weighted by Gasteiger charge is -2.13. The molecule has 4 heteroatoms. The third-order valence-corrected chi connectivity index (χ3v) is 2.37. The van der Waals surface area contributed by atoms with Crippen LogP contribution in [0.4, 0.5) is 0 Å². The molecular formula is C9H16O4. The Bertz CT molecular complexity index is 180. The molecule has 1 rings (SSSR count).